The first kappa shape index (κ1) is 11.5. The molecule has 1 aliphatic rings. The number of fused-ring (bicyclic) bond motifs is 1. The monoisotopic (exact) mass is 264 g/mol. The summed E-state index contributed by atoms with van der Waals surface area (Å²) in [5.41, 5.74) is 1.13. The Morgan fingerprint density at radius 3 is 2.88 bits per heavy atom. The van der Waals surface area contributed by atoms with Crippen LogP contribution in [0.2, 0.25) is 0 Å². The van der Waals surface area contributed by atoms with E-state index in [4.69, 9.17) is 0 Å². The minimum Gasteiger partial charge on any atom is -0.308 e. The molecule has 2 aromatic rings. The van der Waals surface area contributed by atoms with E-state index >= 15 is 0 Å². The van der Waals surface area contributed by atoms with Gasteiger partial charge in [0.15, 0.2) is 0 Å². The SMILES string of the molecule is c1ccc2sc(CNC3CCSCC3)nc2c1. The Morgan fingerprint density at radius 2 is 2.06 bits per heavy atom. The van der Waals surface area contributed by atoms with Crippen LogP contribution in [0.1, 0.15) is 17.8 Å². The highest BCUT2D eigenvalue weighted by atomic mass is 32.2. The number of hydrogen-bond acceptors (Lipinski definition) is 4. The molecule has 4 heteroatoms. The molecule has 1 saturated heterocycles. The zero-order valence-corrected chi connectivity index (χ0v) is 11.3. The van der Waals surface area contributed by atoms with Gasteiger partial charge in [-0.3, -0.25) is 0 Å². The maximum absolute atomic E-state index is 4.65. The third kappa shape index (κ3) is 2.81. The summed E-state index contributed by atoms with van der Waals surface area (Å²) in [5, 5.41) is 4.85. The minimum absolute atomic E-state index is 0.697. The lowest BCUT2D eigenvalue weighted by Crippen LogP contribution is -2.31. The zero-order chi connectivity index (χ0) is 11.5. The van der Waals surface area contributed by atoms with Gasteiger partial charge in [0.25, 0.3) is 0 Å². The Bertz CT molecular complexity index is 456. The van der Waals surface area contributed by atoms with Gasteiger partial charge in [-0.15, -0.1) is 11.3 Å². The first-order valence-electron chi connectivity index (χ1n) is 6.07. The molecule has 1 aliphatic heterocycles. The van der Waals surface area contributed by atoms with Gasteiger partial charge < -0.3 is 5.32 Å². The van der Waals surface area contributed by atoms with Crippen LogP contribution in [0.4, 0.5) is 0 Å². The van der Waals surface area contributed by atoms with Crippen LogP contribution in [-0.2, 0) is 6.54 Å². The number of para-hydroxylation sites is 1. The number of nitrogens with zero attached hydrogens (tertiary/aromatic N) is 1. The van der Waals surface area contributed by atoms with Crippen molar-refractivity contribution in [2.75, 3.05) is 11.5 Å². The number of thiazole rings is 1. The van der Waals surface area contributed by atoms with E-state index in [1.165, 1.54) is 34.1 Å². The summed E-state index contributed by atoms with van der Waals surface area (Å²) in [4.78, 5) is 4.65. The molecule has 0 saturated carbocycles. The summed E-state index contributed by atoms with van der Waals surface area (Å²) >= 11 is 3.88. The quantitative estimate of drug-likeness (QED) is 0.921. The average molecular weight is 264 g/mol. The fourth-order valence-corrected chi connectivity index (χ4v) is 4.15. The second-order valence-corrected chi connectivity index (χ2v) is 6.68. The second kappa shape index (κ2) is 5.38. The first-order chi connectivity index (χ1) is 8.42. The predicted octanol–water partition coefficient (Wildman–Crippen LogP) is 3.28. The van der Waals surface area contributed by atoms with E-state index in [2.05, 4.69) is 46.3 Å². The fourth-order valence-electron chi connectivity index (χ4n) is 2.13. The van der Waals surface area contributed by atoms with Gasteiger partial charge in [-0.1, -0.05) is 12.1 Å². The molecule has 1 N–H and O–H groups in total. The topological polar surface area (TPSA) is 24.9 Å². The van der Waals surface area contributed by atoms with E-state index in [0.29, 0.717) is 6.04 Å². The van der Waals surface area contributed by atoms with Gasteiger partial charge in [-0.2, -0.15) is 11.8 Å². The highest BCUT2D eigenvalue weighted by Crippen LogP contribution is 2.22. The van der Waals surface area contributed by atoms with Crippen LogP contribution < -0.4 is 5.32 Å². The third-order valence-corrected chi connectivity index (χ3v) is 5.19. The molecular formula is C13H16N2S2. The van der Waals surface area contributed by atoms with E-state index in [0.717, 1.165) is 12.1 Å². The van der Waals surface area contributed by atoms with Gasteiger partial charge >= 0.3 is 0 Å². The molecule has 90 valence electrons. The standard InChI is InChI=1S/C13H16N2S2/c1-2-4-12-11(3-1)15-13(17-12)9-14-10-5-7-16-8-6-10/h1-4,10,14H,5-9H2. The highest BCUT2D eigenvalue weighted by Gasteiger charge is 2.13. The normalized spacial score (nSPS) is 17.6. The maximum Gasteiger partial charge on any atom is 0.108 e. The van der Waals surface area contributed by atoms with Crippen LogP contribution in [0, 0.1) is 0 Å². The van der Waals surface area contributed by atoms with Crippen molar-refractivity contribution in [1.29, 1.82) is 0 Å². The van der Waals surface area contributed by atoms with Crippen molar-refractivity contribution in [3.8, 4) is 0 Å². The summed E-state index contributed by atoms with van der Waals surface area (Å²) in [6.07, 6.45) is 2.60. The molecule has 2 nitrogen and oxygen atoms in total. The third-order valence-electron chi connectivity index (χ3n) is 3.10. The minimum atomic E-state index is 0.697. The predicted molar refractivity (Wildman–Crippen MR) is 76.8 cm³/mol. The van der Waals surface area contributed by atoms with Gasteiger partial charge in [0.1, 0.15) is 5.01 Å². The van der Waals surface area contributed by atoms with Crippen LogP contribution in [0.3, 0.4) is 0 Å². The van der Waals surface area contributed by atoms with Crippen LogP contribution in [0.5, 0.6) is 0 Å². The van der Waals surface area contributed by atoms with Gasteiger partial charge in [0.05, 0.1) is 10.2 Å². The Kier molecular flexibility index (Phi) is 3.64. The van der Waals surface area contributed by atoms with Crippen molar-refractivity contribution < 1.29 is 0 Å². The maximum atomic E-state index is 4.65. The number of rotatable bonds is 3. The summed E-state index contributed by atoms with van der Waals surface area (Å²) in [6.45, 7) is 0.925. The molecule has 1 fully saturated rings. The summed E-state index contributed by atoms with van der Waals surface area (Å²) in [6, 6.07) is 9.07. The van der Waals surface area contributed by atoms with Gasteiger partial charge in [-0.25, -0.2) is 4.98 Å². The van der Waals surface area contributed by atoms with Crippen molar-refractivity contribution in [3.05, 3.63) is 29.3 Å². The number of thioether (sulfide) groups is 1. The highest BCUT2D eigenvalue weighted by molar-refractivity contribution is 7.99. The van der Waals surface area contributed by atoms with Gasteiger partial charge in [0, 0.05) is 12.6 Å². The smallest absolute Gasteiger partial charge is 0.108 e. The van der Waals surface area contributed by atoms with E-state index in [1.807, 2.05) is 11.3 Å². The van der Waals surface area contributed by atoms with E-state index in [-0.39, 0.29) is 0 Å². The lowest BCUT2D eigenvalue weighted by atomic mass is 10.1. The van der Waals surface area contributed by atoms with Gasteiger partial charge in [-0.05, 0) is 36.5 Å². The molecule has 3 rings (SSSR count). The molecular weight excluding hydrogens is 248 g/mol. The average Bonchev–Trinajstić information content (AvgIpc) is 2.80. The van der Waals surface area contributed by atoms with E-state index in [1.54, 1.807) is 0 Å². The van der Waals surface area contributed by atoms with Crippen molar-refractivity contribution in [2.45, 2.75) is 25.4 Å². The largest absolute Gasteiger partial charge is 0.308 e. The molecule has 17 heavy (non-hydrogen) atoms. The molecule has 0 aliphatic carbocycles. The zero-order valence-electron chi connectivity index (χ0n) is 9.69. The molecule has 0 unspecified atom stereocenters. The molecule has 0 spiro atoms. The second-order valence-electron chi connectivity index (χ2n) is 4.34. The lowest BCUT2D eigenvalue weighted by Gasteiger charge is -2.21. The molecule has 2 heterocycles. The number of aromatic nitrogens is 1. The van der Waals surface area contributed by atoms with Crippen LogP contribution in [0.25, 0.3) is 10.2 Å². The molecule has 0 radical (unpaired) electrons. The van der Waals surface area contributed by atoms with E-state index in [9.17, 15) is 0 Å². The molecule has 1 aromatic heterocycles. The number of benzene rings is 1. The Morgan fingerprint density at radius 1 is 1.24 bits per heavy atom. The summed E-state index contributed by atoms with van der Waals surface area (Å²) < 4.78 is 1.29. The van der Waals surface area contributed by atoms with Crippen LogP contribution in [0.15, 0.2) is 24.3 Å². The summed E-state index contributed by atoms with van der Waals surface area (Å²) in [7, 11) is 0. The Hall–Kier alpha value is -0.580. The van der Waals surface area contributed by atoms with Crippen molar-refractivity contribution in [1.82, 2.24) is 10.3 Å². The molecule has 1 aromatic carbocycles. The number of hydrogen-bond donors (Lipinski definition) is 1. The Balaban J connectivity index is 1.64. The molecule has 0 bridgehead atoms. The van der Waals surface area contributed by atoms with Crippen molar-refractivity contribution >= 4 is 33.3 Å². The van der Waals surface area contributed by atoms with Crippen LogP contribution in [-0.4, -0.2) is 22.5 Å². The Labute approximate surface area is 110 Å². The van der Waals surface area contributed by atoms with E-state index < -0.39 is 0 Å². The fraction of sp³-hybridized carbons (Fsp3) is 0.462. The van der Waals surface area contributed by atoms with Crippen molar-refractivity contribution in [3.63, 3.8) is 0 Å². The lowest BCUT2D eigenvalue weighted by molar-refractivity contribution is 0.482. The number of nitrogens with one attached hydrogen (secondary N) is 1. The van der Waals surface area contributed by atoms with Gasteiger partial charge in [0.2, 0.25) is 0 Å². The van der Waals surface area contributed by atoms with Crippen LogP contribution >= 0.6 is 23.1 Å². The molecule has 0 amide bonds. The molecule has 0 atom stereocenters. The van der Waals surface area contributed by atoms with Crippen molar-refractivity contribution in [2.24, 2.45) is 0 Å². The first-order valence-corrected chi connectivity index (χ1v) is 8.04. The summed E-state index contributed by atoms with van der Waals surface area (Å²) in [5.74, 6) is 2.61.